The summed E-state index contributed by atoms with van der Waals surface area (Å²) in [6.07, 6.45) is 1.22. The van der Waals surface area contributed by atoms with Crippen molar-refractivity contribution in [3.63, 3.8) is 0 Å². The van der Waals surface area contributed by atoms with E-state index in [0.29, 0.717) is 13.0 Å². The third kappa shape index (κ3) is 5.80. The minimum atomic E-state index is -0.154. The maximum atomic E-state index is 10.8. The normalized spacial score (nSPS) is 11.9. The van der Waals surface area contributed by atoms with Crippen molar-refractivity contribution in [2.24, 2.45) is 0 Å². The van der Waals surface area contributed by atoms with E-state index in [1.807, 2.05) is 30.3 Å². The maximum Gasteiger partial charge on any atom is 0.305 e. The van der Waals surface area contributed by atoms with Gasteiger partial charge in [0, 0.05) is 6.42 Å². The summed E-state index contributed by atoms with van der Waals surface area (Å²) in [6, 6.07) is 9.90. The lowest BCUT2D eigenvalue weighted by Crippen LogP contribution is -2.01. The maximum absolute atomic E-state index is 10.8. The van der Waals surface area contributed by atoms with Crippen molar-refractivity contribution in [1.82, 2.24) is 5.32 Å². The number of amides is 1. The molecule has 0 saturated carbocycles. The molecule has 1 aliphatic heterocycles. The molecule has 2 rings (SSSR count). The Morgan fingerprint density at radius 3 is 2.38 bits per heavy atom. The monoisotopic (exact) mass is 221 g/mol. The van der Waals surface area contributed by atoms with Gasteiger partial charge in [-0.05, 0) is 12.0 Å². The number of methoxy groups -OCH3 is 1. The zero-order valence-electron chi connectivity index (χ0n) is 9.23. The van der Waals surface area contributed by atoms with Crippen LogP contribution in [0.25, 0.3) is 0 Å². The first-order chi connectivity index (χ1) is 7.72. The largest absolute Gasteiger partial charge is 0.469 e. The zero-order chi connectivity index (χ0) is 11.8. The molecule has 4 nitrogen and oxygen atoms in total. The molecule has 1 aromatic carbocycles. The van der Waals surface area contributed by atoms with Gasteiger partial charge in [0.25, 0.3) is 0 Å². The molecule has 86 valence electrons. The molecule has 1 saturated heterocycles. The molecule has 0 spiro atoms. The van der Waals surface area contributed by atoms with Crippen LogP contribution in [-0.4, -0.2) is 25.5 Å². The first kappa shape index (κ1) is 12.2. The molecule has 1 heterocycles. The third-order valence-electron chi connectivity index (χ3n) is 2.01. The molecular formula is C12H15NO3. The van der Waals surface area contributed by atoms with E-state index < -0.39 is 0 Å². The second-order valence-electron chi connectivity index (χ2n) is 3.34. The van der Waals surface area contributed by atoms with Crippen LogP contribution in [0.2, 0.25) is 0 Å². The molecule has 1 aromatic rings. The highest BCUT2D eigenvalue weighted by atomic mass is 16.5. The molecule has 1 aliphatic rings. The third-order valence-corrected chi connectivity index (χ3v) is 2.01. The number of esters is 1. The number of hydrogen-bond donors (Lipinski definition) is 1. The van der Waals surface area contributed by atoms with Gasteiger partial charge in [-0.3, -0.25) is 9.59 Å². The molecule has 1 fully saturated rings. The Morgan fingerprint density at radius 1 is 1.38 bits per heavy atom. The van der Waals surface area contributed by atoms with Gasteiger partial charge in [0.15, 0.2) is 0 Å². The van der Waals surface area contributed by atoms with Crippen LogP contribution in [0.4, 0.5) is 0 Å². The van der Waals surface area contributed by atoms with E-state index in [1.54, 1.807) is 0 Å². The summed E-state index contributed by atoms with van der Waals surface area (Å²) >= 11 is 0. The van der Waals surface area contributed by atoms with Gasteiger partial charge in [-0.2, -0.15) is 0 Å². The summed E-state index contributed by atoms with van der Waals surface area (Å²) in [5, 5.41) is 2.46. The van der Waals surface area contributed by atoms with Gasteiger partial charge in [-0.15, -0.1) is 0 Å². The van der Waals surface area contributed by atoms with E-state index in [-0.39, 0.29) is 11.9 Å². The van der Waals surface area contributed by atoms with E-state index in [1.165, 1.54) is 12.7 Å². The fraction of sp³-hybridized carbons (Fsp3) is 0.333. The standard InChI is InChI=1S/C10H12O2.C2H3NO/c1-12-10(11)8-7-9-5-3-2-4-6-9;4-2-1-3-2/h2-6H,7-8H2,1H3;1H2,(H,3,4). The topological polar surface area (TPSA) is 65.3 Å². The van der Waals surface area contributed by atoms with Crippen LogP contribution in [0.3, 0.4) is 0 Å². The number of carbonyl (C=O) groups excluding carboxylic acids is 2. The Morgan fingerprint density at radius 2 is 1.94 bits per heavy atom. The summed E-state index contributed by atoms with van der Waals surface area (Å²) < 4.78 is 4.53. The Kier molecular flexibility index (Phi) is 5.05. The molecule has 0 unspecified atom stereocenters. The predicted molar refractivity (Wildman–Crippen MR) is 59.8 cm³/mol. The Labute approximate surface area is 94.6 Å². The van der Waals surface area contributed by atoms with E-state index >= 15 is 0 Å². The second-order valence-corrected chi connectivity index (χ2v) is 3.34. The molecule has 0 atom stereocenters. The minimum absolute atomic E-state index is 0.154. The first-order valence-corrected chi connectivity index (χ1v) is 5.10. The highest BCUT2D eigenvalue weighted by Gasteiger charge is 2.10. The summed E-state index contributed by atoms with van der Waals surface area (Å²) in [5.74, 6) is 0.0128. The number of nitrogens with one attached hydrogen (secondary N) is 1. The first-order valence-electron chi connectivity index (χ1n) is 5.10. The summed E-state index contributed by atoms with van der Waals surface area (Å²) in [6.45, 7) is 0.597. The van der Waals surface area contributed by atoms with Crippen LogP contribution in [0, 0.1) is 0 Å². The van der Waals surface area contributed by atoms with Crippen LogP contribution in [0.5, 0.6) is 0 Å². The van der Waals surface area contributed by atoms with E-state index in [9.17, 15) is 9.59 Å². The summed E-state index contributed by atoms with van der Waals surface area (Å²) in [4.78, 5) is 20.2. The van der Waals surface area contributed by atoms with Crippen LogP contribution in [0.15, 0.2) is 30.3 Å². The highest BCUT2D eigenvalue weighted by Crippen LogP contribution is 2.02. The van der Waals surface area contributed by atoms with E-state index in [2.05, 4.69) is 10.1 Å². The van der Waals surface area contributed by atoms with Gasteiger partial charge in [-0.1, -0.05) is 30.3 Å². The average molecular weight is 221 g/mol. The second kappa shape index (κ2) is 6.61. The van der Waals surface area contributed by atoms with Gasteiger partial charge >= 0.3 is 5.97 Å². The fourth-order valence-electron chi connectivity index (χ4n) is 1.03. The highest BCUT2D eigenvalue weighted by molar-refractivity contribution is 5.91. The fourth-order valence-corrected chi connectivity index (χ4v) is 1.03. The van der Waals surface area contributed by atoms with Gasteiger partial charge in [0.1, 0.15) is 0 Å². The van der Waals surface area contributed by atoms with E-state index in [4.69, 9.17) is 0 Å². The molecule has 4 heteroatoms. The van der Waals surface area contributed by atoms with E-state index in [0.717, 1.165) is 6.42 Å². The Bertz CT molecular complexity index is 343. The molecule has 1 amide bonds. The van der Waals surface area contributed by atoms with Crippen LogP contribution in [-0.2, 0) is 20.7 Å². The van der Waals surface area contributed by atoms with Gasteiger partial charge in [0.05, 0.1) is 13.7 Å². The van der Waals surface area contributed by atoms with Crippen LogP contribution < -0.4 is 5.32 Å². The molecule has 0 radical (unpaired) electrons. The number of aryl methyl sites for hydroxylation is 1. The van der Waals surface area contributed by atoms with Crippen molar-refractivity contribution in [3.05, 3.63) is 35.9 Å². The average Bonchev–Trinajstić information content (AvgIpc) is 3.11. The quantitative estimate of drug-likeness (QED) is 0.609. The molecule has 1 N–H and O–H groups in total. The van der Waals surface area contributed by atoms with Crippen molar-refractivity contribution in [1.29, 1.82) is 0 Å². The molecule has 16 heavy (non-hydrogen) atoms. The number of hydrogen-bond acceptors (Lipinski definition) is 3. The Hall–Kier alpha value is -1.84. The van der Waals surface area contributed by atoms with Crippen LogP contribution >= 0.6 is 0 Å². The number of rotatable bonds is 3. The summed E-state index contributed by atoms with van der Waals surface area (Å²) in [5.41, 5.74) is 1.17. The van der Waals surface area contributed by atoms with Crippen molar-refractivity contribution in [3.8, 4) is 0 Å². The molecule has 0 aliphatic carbocycles. The lowest BCUT2D eigenvalue weighted by molar-refractivity contribution is -0.140. The lowest BCUT2D eigenvalue weighted by Gasteiger charge is -1.98. The predicted octanol–water partition coefficient (Wildman–Crippen LogP) is 0.908. The molecule has 0 bridgehead atoms. The number of ether oxygens (including phenoxy) is 1. The van der Waals surface area contributed by atoms with Gasteiger partial charge in [0.2, 0.25) is 5.91 Å². The zero-order valence-corrected chi connectivity index (χ0v) is 9.23. The van der Waals surface area contributed by atoms with Crippen molar-refractivity contribution >= 4 is 11.9 Å². The Balaban J connectivity index is 0.000000267. The minimum Gasteiger partial charge on any atom is -0.469 e. The van der Waals surface area contributed by atoms with Crippen molar-refractivity contribution in [2.75, 3.05) is 13.7 Å². The molecule has 0 aromatic heterocycles. The number of carbonyl (C=O) groups is 2. The SMILES string of the molecule is COC(=O)CCc1ccccc1.O=C1CN1. The van der Waals surface area contributed by atoms with Crippen molar-refractivity contribution < 1.29 is 14.3 Å². The number of benzene rings is 1. The van der Waals surface area contributed by atoms with Gasteiger partial charge in [-0.25, -0.2) is 0 Å². The summed E-state index contributed by atoms with van der Waals surface area (Å²) in [7, 11) is 1.41. The lowest BCUT2D eigenvalue weighted by atomic mass is 10.1. The van der Waals surface area contributed by atoms with Crippen LogP contribution in [0.1, 0.15) is 12.0 Å². The van der Waals surface area contributed by atoms with Crippen molar-refractivity contribution in [2.45, 2.75) is 12.8 Å². The molecular weight excluding hydrogens is 206 g/mol. The smallest absolute Gasteiger partial charge is 0.305 e. The van der Waals surface area contributed by atoms with Gasteiger partial charge < -0.3 is 10.1 Å².